The fraction of sp³-hybridized carbons (Fsp3) is 0.292. The van der Waals surface area contributed by atoms with E-state index < -0.39 is 5.91 Å². The second-order valence-electron chi connectivity index (χ2n) is 7.58. The van der Waals surface area contributed by atoms with Gasteiger partial charge in [-0.1, -0.05) is 18.2 Å². The van der Waals surface area contributed by atoms with Gasteiger partial charge in [0.25, 0.3) is 5.91 Å². The molecule has 1 fully saturated rings. The van der Waals surface area contributed by atoms with Crippen LogP contribution in [-0.2, 0) is 13.1 Å². The van der Waals surface area contributed by atoms with Gasteiger partial charge in [0, 0.05) is 26.2 Å². The quantitative estimate of drug-likeness (QED) is 0.517. The van der Waals surface area contributed by atoms with Gasteiger partial charge in [0.2, 0.25) is 5.76 Å². The Morgan fingerprint density at radius 1 is 1.00 bits per heavy atom. The highest BCUT2D eigenvalue weighted by molar-refractivity contribution is 5.94. The summed E-state index contributed by atoms with van der Waals surface area (Å²) in [6.45, 7) is 1.66. The Morgan fingerprint density at radius 2 is 1.74 bits per heavy atom. The van der Waals surface area contributed by atoms with Gasteiger partial charge in [-0.15, -0.1) is 0 Å². The van der Waals surface area contributed by atoms with E-state index in [0.29, 0.717) is 31.1 Å². The fourth-order valence-corrected chi connectivity index (χ4v) is 3.61. The normalized spacial score (nSPS) is 13.2. The predicted molar refractivity (Wildman–Crippen MR) is 123 cm³/mol. The zero-order valence-corrected chi connectivity index (χ0v) is 19.2. The zero-order chi connectivity index (χ0) is 24.1. The smallest absolute Gasteiger partial charge is 0.328 e. The van der Waals surface area contributed by atoms with Crippen molar-refractivity contribution in [3.8, 4) is 17.2 Å². The minimum absolute atomic E-state index is 0.0249. The molecule has 1 aliphatic rings. The third-order valence-corrected chi connectivity index (χ3v) is 5.48. The molecule has 0 bridgehead atoms. The summed E-state index contributed by atoms with van der Waals surface area (Å²) < 4.78 is 21.3. The van der Waals surface area contributed by atoms with Gasteiger partial charge in [-0.3, -0.25) is 4.79 Å². The lowest BCUT2D eigenvalue weighted by molar-refractivity contribution is 0.0923. The van der Waals surface area contributed by atoms with E-state index in [1.807, 2.05) is 30.3 Å². The lowest BCUT2D eigenvalue weighted by Gasteiger charge is -2.16. The Morgan fingerprint density at radius 3 is 2.44 bits per heavy atom. The number of nitrogens with one attached hydrogen (secondary N) is 1. The van der Waals surface area contributed by atoms with E-state index in [1.165, 1.54) is 11.1 Å². The largest absolute Gasteiger partial charge is 0.497 e. The molecule has 0 atom stereocenters. The number of rotatable bonds is 9. The van der Waals surface area contributed by atoms with Gasteiger partial charge in [0.1, 0.15) is 5.75 Å². The molecule has 34 heavy (non-hydrogen) atoms. The van der Waals surface area contributed by atoms with Gasteiger partial charge in [-0.05, 0) is 35.4 Å². The van der Waals surface area contributed by atoms with E-state index in [9.17, 15) is 9.59 Å². The Labute approximate surface area is 197 Å². The van der Waals surface area contributed by atoms with Crippen LogP contribution in [0.5, 0.6) is 17.2 Å². The van der Waals surface area contributed by atoms with Gasteiger partial charge < -0.3 is 28.8 Å². The molecule has 1 saturated heterocycles. The summed E-state index contributed by atoms with van der Waals surface area (Å²) in [6.07, 6.45) is 1.32. The van der Waals surface area contributed by atoms with Crippen LogP contribution in [-0.4, -0.2) is 56.2 Å². The molecule has 0 saturated carbocycles. The number of benzene rings is 2. The molecular formula is C24H26N4O6. The van der Waals surface area contributed by atoms with Crippen LogP contribution in [0.2, 0.25) is 0 Å². The molecule has 10 heteroatoms. The minimum Gasteiger partial charge on any atom is -0.497 e. The number of urea groups is 1. The summed E-state index contributed by atoms with van der Waals surface area (Å²) >= 11 is 0. The van der Waals surface area contributed by atoms with Crippen molar-refractivity contribution >= 4 is 18.0 Å². The molecule has 1 aromatic heterocycles. The molecule has 3 amide bonds. The van der Waals surface area contributed by atoms with Crippen molar-refractivity contribution in [3.05, 3.63) is 65.5 Å². The first-order valence-corrected chi connectivity index (χ1v) is 10.7. The van der Waals surface area contributed by atoms with Crippen molar-refractivity contribution in [3.63, 3.8) is 0 Å². The molecule has 0 radical (unpaired) electrons. The number of hydrogen-bond donors (Lipinski definition) is 1. The highest BCUT2D eigenvalue weighted by atomic mass is 16.5. The summed E-state index contributed by atoms with van der Waals surface area (Å²) in [6, 6.07) is 12.8. The number of hydrogen-bond acceptors (Lipinski definition) is 7. The summed E-state index contributed by atoms with van der Waals surface area (Å²) in [4.78, 5) is 32.6. The van der Waals surface area contributed by atoms with E-state index >= 15 is 0 Å². The molecule has 3 aromatic rings. The number of nitrogens with zero attached hydrogens (tertiary/aromatic N) is 3. The van der Waals surface area contributed by atoms with Crippen LogP contribution in [0.4, 0.5) is 10.8 Å². The van der Waals surface area contributed by atoms with Gasteiger partial charge in [-0.25, -0.2) is 14.7 Å². The van der Waals surface area contributed by atoms with Crippen LogP contribution in [0.3, 0.4) is 0 Å². The van der Waals surface area contributed by atoms with Crippen LogP contribution >= 0.6 is 0 Å². The SMILES string of the molecule is COc1ccc(CN2CCN(c3ncc(C(=O)NCc4ccc(OC)c(OC)c4)o3)C2=O)cc1. The summed E-state index contributed by atoms with van der Waals surface area (Å²) in [7, 11) is 4.72. The van der Waals surface area contributed by atoms with Crippen LogP contribution in [0.15, 0.2) is 53.1 Å². The van der Waals surface area contributed by atoms with E-state index in [4.69, 9.17) is 18.6 Å². The molecule has 178 valence electrons. The Hall–Kier alpha value is -4.21. The highest BCUT2D eigenvalue weighted by Crippen LogP contribution is 2.27. The van der Waals surface area contributed by atoms with Crippen LogP contribution < -0.4 is 24.4 Å². The minimum atomic E-state index is -0.435. The Bertz CT molecular complexity index is 1160. The van der Waals surface area contributed by atoms with E-state index in [0.717, 1.165) is 16.9 Å². The predicted octanol–water partition coefficient (Wildman–Crippen LogP) is 3.07. The van der Waals surface area contributed by atoms with Gasteiger partial charge in [0.05, 0.1) is 27.5 Å². The molecule has 4 rings (SSSR count). The van der Waals surface area contributed by atoms with Crippen LogP contribution in [0.1, 0.15) is 21.7 Å². The van der Waals surface area contributed by atoms with Crippen LogP contribution in [0.25, 0.3) is 0 Å². The second kappa shape index (κ2) is 10.2. The fourth-order valence-electron chi connectivity index (χ4n) is 3.61. The van der Waals surface area contributed by atoms with Crippen molar-refractivity contribution in [1.82, 2.24) is 15.2 Å². The molecule has 0 unspecified atom stereocenters. The third kappa shape index (κ3) is 4.90. The monoisotopic (exact) mass is 466 g/mol. The topological polar surface area (TPSA) is 106 Å². The van der Waals surface area contributed by atoms with Gasteiger partial charge in [0.15, 0.2) is 11.5 Å². The summed E-state index contributed by atoms with van der Waals surface area (Å²) in [5.74, 6) is 1.53. The Balaban J connectivity index is 1.35. The second-order valence-corrected chi connectivity index (χ2v) is 7.58. The van der Waals surface area contributed by atoms with Crippen molar-refractivity contribution in [2.45, 2.75) is 13.1 Å². The molecule has 0 spiro atoms. The summed E-state index contributed by atoms with van der Waals surface area (Å²) in [5, 5.41) is 2.78. The van der Waals surface area contributed by atoms with E-state index in [2.05, 4.69) is 10.3 Å². The Kier molecular flexibility index (Phi) is 6.86. The number of oxazole rings is 1. The van der Waals surface area contributed by atoms with Crippen molar-refractivity contribution < 1.29 is 28.2 Å². The van der Waals surface area contributed by atoms with Gasteiger partial charge in [-0.2, -0.15) is 0 Å². The van der Waals surface area contributed by atoms with Crippen molar-refractivity contribution in [2.24, 2.45) is 0 Å². The maximum absolute atomic E-state index is 12.8. The maximum atomic E-state index is 12.8. The average molecular weight is 466 g/mol. The van der Waals surface area contributed by atoms with Crippen LogP contribution in [0, 0.1) is 0 Å². The first kappa shape index (κ1) is 23.0. The maximum Gasteiger partial charge on any atom is 0.328 e. The zero-order valence-electron chi connectivity index (χ0n) is 19.2. The first-order chi connectivity index (χ1) is 16.5. The third-order valence-electron chi connectivity index (χ3n) is 5.48. The summed E-state index contributed by atoms with van der Waals surface area (Å²) in [5.41, 5.74) is 1.81. The number of ether oxygens (including phenoxy) is 3. The average Bonchev–Trinajstić information content (AvgIpc) is 3.50. The first-order valence-electron chi connectivity index (χ1n) is 10.7. The number of amides is 3. The molecule has 1 aliphatic heterocycles. The highest BCUT2D eigenvalue weighted by Gasteiger charge is 2.33. The number of methoxy groups -OCH3 is 3. The van der Waals surface area contributed by atoms with Crippen molar-refractivity contribution in [1.29, 1.82) is 0 Å². The molecular weight excluding hydrogens is 440 g/mol. The standard InChI is InChI=1S/C24H26N4O6/c1-31-18-7-4-16(5-8-18)15-27-10-11-28(24(27)30)23-26-14-21(34-23)22(29)25-13-17-6-9-19(32-2)20(12-17)33-3/h4-9,12,14H,10-11,13,15H2,1-3H3,(H,25,29). The van der Waals surface area contributed by atoms with Crippen molar-refractivity contribution in [2.75, 3.05) is 39.3 Å². The number of aromatic nitrogens is 1. The number of carbonyl (C=O) groups is 2. The molecule has 10 nitrogen and oxygen atoms in total. The van der Waals surface area contributed by atoms with Gasteiger partial charge >= 0.3 is 12.0 Å². The van der Waals surface area contributed by atoms with E-state index in [-0.39, 0.29) is 24.4 Å². The number of carbonyl (C=O) groups excluding carboxylic acids is 2. The lowest BCUT2D eigenvalue weighted by atomic mass is 10.2. The molecule has 2 aromatic carbocycles. The lowest BCUT2D eigenvalue weighted by Crippen LogP contribution is -2.31. The molecule has 2 heterocycles. The van der Waals surface area contributed by atoms with E-state index in [1.54, 1.807) is 38.4 Å². The number of anilines is 1. The molecule has 1 N–H and O–H groups in total. The molecule has 0 aliphatic carbocycles.